The van der Waals surface area contributed by atoms with Gasteiger partial charge in [-0.1, -0.05) is 0 Å². The van der Waals surface area contributed by atoms with E-state index < -0.39 is 0 Å². The number of hydrogen-bond acceptors (Lipinski definition) is 6. The second-order valence-corrected chi connectivity index (χ2v) is 7.11. The van der Waals surface area contributed by atoms with Crippen LogP contribution < -0.4 is 24.8 Å². The van der Waals surface area contributed by atoms with Gasteiger partial charge in [-0.25, -0.2) is 4.98 Å². The third-order valence-corrected chi connectivity index (χ3v) is 4.70. The van der Waals surface area contributed by atoms with Crippen LogP contribution in [0.4, 0.5) is 0 Å². The van der Waals surface area contributed by atoms with Gasteiger partial charge >= 0.3 is 0 Å². The Labute approximate surface area is 164 Å². The van der Waals surface area contributed by atoms with Gasteiger partial charge in [0.15, 0.2) is 5.96 Å². The topological polar surface area (TPSA) is 77.0 Å². The first kappa shape index (κ1) is 20.8. The van der Waals surface area contributed by atoms with Crippen molar-refractivity contribution in [2.45, 2.75) is 19.8 Å². The van der Waals surface area contributed by atoms with E-state index in [0.29, 0.717) is 18.1 Å². The molecule has 0 amide bonds. The predicted molar refractivity (Wildman–Crippen MR) is 110 cm³/mol. The lowest BCUT2D eigenvalue weighted by molar-refractivity contribution is 0.305. The summed E-state index contributed by atoms with van der Waals surface area (Å²) >= 11 is 1.73. The largest absolute Gasteiger partial charge is 0.496 e. The van der Waals surface area contributed by atoms with Crippen LogP contribution in [0, 0.1) is 6.92 Å². The number of rotatable bonds is 10. The number of aliphatic imine (C=N–C) groups is 1. The molecular formula is C19H28N4O3S. The number of guanidine groups is 1. The molecule has 1 aromatic carbocycles. The lowest BCUT2D eigenvalue weighted by atomic mass is 10.3. The van der Waals surface area contributed by atoms with E-state index in [4.69, 9.17) is 14.2 Å². The van der Waals surface area contributed by atoms with Gasteiger partial charge in [0, 0.05) is 55.8 Å². The Hall–Kier alpha value is -2.48. The van der Waals surface area contributed by atoms with Gasteiger partial charge in [-0.15, -0.1) is 11.3 Å². The average Bonchev–Trinajstić information content (AvgIpc) is 3.11. The van der Waals surface area contributed by atoms with Gasteiger partial charge in [-0.05, 0) is 13.3 Å². The molecule has 148 valence electrons. The molecule has 0 saturated heterocycles. The Morgan fingerprint density at radius 3 is 2.33 bits per heavy atom. The fraction of sp³-hybridized carbons (Fsp3) is 0.474. The number of nitrogens with zero attached hydrogens (tertiary/aromatic N) is 2. The number of nitrogens with one attached hydrogen (secondary N) is 2. The molecule has 7 nitrogen and oxygen atoms in total. The number of thiazole rings is 1. The van der Waals surface area contributed by atoms with Crippen molar-refractivity contribution in [3.05, 3.63) is 34.3 Å². The highest BCUT2D eigenvalue weighted by atomic mass is 32.1. The van der Waals surface area contributed by atoms with Crippen LogP contribution in [-0.2, 0) is 6.42 Å². The van der Waals surface area contributed by atoms with E-state index in [0.717, 1.165) is 42.6 Å². The number of aryl methyl sites for hydroxylation is 1. The summed E-state index contributed by atoms with van der Waals surface area (Å²) in [5.74, 6) is 2.93. The number of benzene rings is 1. The zero-order valence-electron chi connectivity index (χ0n) is 16.4. The Balaban J connectivity index is 1.64. The molecule has 2 rings (SSSR count). The molecule has 1 heterocycles. The predicted octanol–water partition coefficient (Wildman–Crippen LogP) is 2.65. The van der Waals surface area contributed by atoms with E-state index in [1.807, 2.05) is 24.4 Å². The Morgan fingerprint density at radius 2 is 1.74 bits per heavy atom. The number of aromatic nitrogens is 1. The van der Waals surface area contributed by atoms with Crippen molar-refractivity contribution in [2.75, 3.05) is 41.0 Å². The van der Waals surface area contributed by atoms with Crippen molar-refractivity contribution in [3.63, 3.8) is 0 Å². The lowest BCUT2D eigenvalue weighted by Crippen LogP contribution is -2.39. The van der Waals surface area contributed by atoms with Crippen molar-refractivity contribution in [3.8, 4) is 17.2 Å². The van der Waals surface area contributed by atoms with Crippen molar-refractivity contribution >= 4 is 17.3 Å². The fourth-order valence-electron chi connectivity index (χ4n) is 2.36. The molecule has 0 atom stereocenters. The number of ether oxygens (including phenoxy) is 3. The summed E-state index contributed by atoms with van der Waals surface area (Å²) in [5, 5.41) is 7.72. The van der Waals surface area contributed by atoms with Crippen molar-refractivity contribution in [2.24, 2.45) is 4.99 Å². The first-order valence-corrected chi connectivity index (χ1v) is 9.68. The van der Waals surface area contributed by atoms with E-state index in [1.54, 1.807) is 32.6 Å². The second kappa shape index (κ2) is 11.3. The van der Waals surface area contributed by atoms with Gasteiger partial charge in [0.05, 0.1) is 25.8 Å². The Kier molecular flexibility index (Phi) is 8.70. The molecule has 0 spiro atoms. The summed E-state index contributed by atoms with van der Waals surface area (Å²) in [7, 11) is 5.01. The second-order valence-electron chi connectivity index (χ2n) is 5.79. The molecule has 2 N–H and O–H groups in total. The maximum Gasteiger partial charge on any atom is 0.190 e. The average molecular weight is 393 g/mol. The molecule has 0 fully saturated rings. The van der Waals surface area contributed by atoms with Gasteiger partial charge in [-0.3, -0.25) is 4.99 Å². The summed E-state index contributed by atoms with van der Waals surface area (Å²) in [6, 6.07) is 5.50. The smallest absolute Gasteiger partial charge is 0.190 e. The van der Waals surface area contributed by atoms with E-state index in [9.17, 15) is 0 Å². The molecule has 8 heteroatoms. The first-order valence-electron chi connectivity index (χ1n) is 8.86. The van der Waals surface area contributed by atoms with E-state index in [2.05, 4.69) is 27.5 Å². The molecule has 0 radical (unpaired) electrons. The summed E-state index contributed by atoms with van der Waals surface area (Å²) in [6.45, 7) is 4.21. The molecule has 0 aliphatic rings. The van der Waals surface area contributed by atoms with Crippen molar-refractivity contribution in [1.82, 2.24) is 15.6 Å². The number of hydrogen-bond donors (Lipinski definition) is 2. The van der Waals surface area contributed by atoms with Crippen LogP contribution >= 0.6 is 11.3 Å². The van der Waals surface area contributed by atoms with Gasteiger partial charge in [0.2, 0.25) is 0 Å². The molecule has 0 bridgehead atoms. The third-order valence-electron chi connectivity index (χ3n) is 3.73. The molecule has 27 heavy (non-hydrogen) atoms. The minimum atomic E-state index is 0.582. The maximum absolute atomic E-state index is 5.78. The van der Waals surface area contributed by atoms with Gasteiger partial charge in [0.1, 0.15) is 17.2 Å². The maximum atomic E-state index is 5.78. The van der Waals surface area contributed by atoms with Crippen LogP contribution in [0.15, 0.2) is 29.4 Å². The van der Waals surface area contributed by atoms with E-state index >= 15 is 0 Å². The van der Waals surface area contributed by atoms with Crippen LogP contribution in [0.5, 0.6) is 17.2 Å². The van der Waals surface area contributed by atoms with Crippen LogP contribution in [0.25, 0.3) is 0 Å². The first-order chi connectivity index (χ1) is 13.1. The number of methoxy groups -OCH3 is 2. The van der Waals surface area contributed by atoms with Crippen LogP contribution in [0.3, 0.4) is 0 Å². The highest BCUT2D eigenvalue weighted by Gasteiger charge is 2.04. The minimum Gasteiger partial charge on any atom is -0.496 e. The van der Waals surface area contributed by atoms with Crippen LogP contribution in [0.1, 0.15) is 16.3 Å². The third kappa shape index (κ3) is 7.34. The summed E-state index contributed by atoms with van der Waals surface area (Å²) in [6.07, 6.45) is 3.64. The van der Waals surface area contributed by atoms with Crippen LogP contribution in [-0.4, -0.2) is 51.9 Å². The highest BCUT2D eigenvalue weighted by molar-refractivity contribution is 7.11. The van der Waals surface area contributed by atoms with Crippen LogP contribution in [0.2, 0.25) is 0 Å². The standard InChI is InChI=1S/C19H28N4O3S/c1-14-13-23-18(27-14)6-8-22-19(20-2)21-7-5-9-26-17-11-15(24-3)10-16(12-17)25-4/h10-13H,5-9H2,1-4H3,(H2,20,21,22). The Bertz CT molecular complexity index is 711. The van der Waals surface area contributed by atoms with Gasteiger partial charge < -0.3 is 24.8 Å². The quantitative estimate of drug-likeness (QED) is 0.368. The minimum absolute atomic E-state index is 0.582. The Morgan fingerprint density at radius 1 is 1.07 bits per heavy atom. The van der Waals surface area contributed by atoms with Crippen molar-refractivity contribution < 1.29 is 14.2 Å². The molecule has 0 aliphatic heterocycles. The SMILES string of the molecule is CN=C(NCCCOc1cc(OC)cc(OC)c1)NCCc1ncc(C)s1. The molecule has 1 aromatic heterocycles. The van der Waals surface area contributed by atoms with E-state index in [1.165, 1.54) is 4.88 Å². The fourth-order valence-corrected chi connectivity index (χ4v) is 3.15. The van der Waals surface area contributed by atoms with Crippen molar-refractivity contribution in [1.29, 1.82) is 0 Å². The monoisotopic (exact) mass is 392 g/mol. The molecule has 2 aromatic rings. The molecule has 0 saturated carbocycles. The lowest BCUT2D eigenvalue weighted by Gasteiger charge is -2.12. The zero-order chi connectivity index (χ0) is 19.5. The normalized spacial score (nSPS) is 11.2. The molecule has 0 unspecified atom stereocenters. The summed E-state index contributed by atoms with van der Waals surface area (Å²) in [5.41, 5.74) is 0. The highest BCUT2D eigenvalue weighted by Crippen LogP contribution is 2.27. The summed E-state index contributed by atoms with van der Waals surface area (Å²) < 4.78 is 16.3. The summed E-state index contributed by atoms with van der Waals surface area (Å²) in [4.78, 5) is 9.83. The molecule has 0 aliphatic carbocycles. The van der Waals surface area contributed by atoms with Gasteiger partial charge in [0.25, 0.3) is 0 Å². The molecular weight excluding hydrogens is 364 g/mol. The van der Waals surface area contributed by atoms with Gasteiger partial charge in [-0.2, -0.15) is 0 Å². The van der Waals surface area contributed by atoms with E-state index in [-0.39, 0.29) is 0 Å². The zero-order valence-corrected chi connectivity index (χ0v) is 17.2.